The number of hydrogen-bond acceptors (Lipinski definition) is 7. The van der Waals surface area contributed by atoms with Gasteiger partial charge in [0.05, 0.1) is 51.4 Å². The normalized spacial score (nSPS) is 21.6. The zero-order valence-electron chi connectivity index (χ0n) is 20.9. The van der Waals surface area contributed by atoms with Crippen molar-refractivity contribution in [3.05, 3.63) is 77.2 Å². The van der Waals surface area contributed by atoms with Gasteiger partial charge < -0.3 is 4.42 Å². The van der Waals surface area contributed by atoms with Crippen LogP contribution < -0.4 is 0 Å². The number of nitrogens with zero attached hydrogens (tertiary/aromatic N) is 6. The zero-order chi connectivity index (χ0) is 26.2. The maximum Gasteiger partial charge on any atom is 0.246 e. The van der Waals surface area contributed by atoms with E-state index in [1.807, 2.05) is 0 Å². The average Bonchev–Trinajstić information content (AvgIpc) is 3.53. The molecule has 2 aliphatic carbocycles. The quantitative estimate of drug-likeness (QED) is 0.347. The van der Waals surface area contributed by atoms with Crippen molar-refractivity contribution in [2.45, 2.75) is 57.3 Å². The molecule has 1 aromatic carbocycles. The molecular formula is C28H24F2N6O. The molecule has 0 saturated heterocycles. The largest absolute Gasteiger partial charge is 0.443 e. The number of nitriles is 1. The van der Waals surface area contributed by atoms with Crippen LogP contribution in [0.3, 0.4) is 0 Å². The molecular weight excluding hydrogens is 474 g/mol. The fraction of sp³-hybridized carbons (Fsp3) is 0.357. The van der Waals surface area contributed by atoms with Crippen molar-refractivity contribution in [2.24, 2.45) is 5.41 Å². The Hall–Kier alpha value is -4.06. The highest BCUT2D eigenvalue weighted by molar-refractivity contribution is 5.64. The fourth-order valence-electron chi connectivity index (χ4n) is 6.17. The van der Waals surface area contributed by atoms with Gasteiger partial charge in [-0.05, 0) is 61.8 Å². The number of benzene rings is 1. The van der Waals surface area contributed by atoms with Gasteiger partial charge in [0.15, 0.2) is 0 Å². The smallest absolute Gasteiger partial charge is 0.246 e. The molecule has 4 aromatic rings. The second-order valence-corrected chi connectivity index (χ2v) is 10.9. The molecule has 0 N–H and O–H groups in total. The highest BCUT2D eigenvalue weighted by atomic mass is 19.1. The van der Waals surface area contributed by atoms with Crippen molar-refractivity contribution in [3.63, 3.8) is 0 Å². The molecule has 0 amide bonds. The van der Waals surface area contributed by atoms with Crippen LogP contribution in [0.4, 0.5) is 8.78 Å². The summed E-state index contributed by atoms with van der Waals surface area (Å²) in [5.41, 5.74) is 1.71. The van der Waals surface area contributed by atoms with Gasteiger partial charge in [-0.25, -0.2) is 18.7 Å². The van der Waals surface area contributed by atoms with Crippen molar-refractivity contribution in [2.75, 3.05) is 0 Å². The van der Waals surface area contributed by atoms with Gasteiger partial charge in [0.25, 0.3) is 0 Å². The van der Waals surface area contributed by atoms with Crippen LogP contribution in [0, 0.1) is 28.4 Å². The van der Waals surface area contributed by atoms with E-state index in [9.17, 15) is 14.0 Å². The van der Waals surface area contributed by atoms with Crippen LogP contribution in [0.1, 0.15) is 69.1 Å². The molecule has 2 bridgehead atoms. The van der Waals surface area contributed by atoms with Gasteiger partial charge in [-0.15, -0.1) is 5.10 Å². The van der Waals surface area contributed by atoms with Crippen molar-refractivity contribution in [3.8, 4) is 28.9 Å². The first kappa shape index (κ1) is 23.3. The lowest BCUT2D eigenvalue weighted by atomic mass is 9.66. The Labute approximate surface area is 212 Å². The van der Waals surface area contributed by atoms with E-state index in [2.05, 4.69) is 40.1 Å². The molecule has 1 saturated carbocycles. The maximum atomic E-state index is 14.5. The molecule has 0 aliphatic heterocycles. The maximum absolute atomic E-state index is 14.5. The van der Waals surface area contributed by atoms with Crippen molar-refractivity contribution in [1.29, 1.82) is 5.26 Å². The Morgan fingerprint density at radius 1 is 1.08 bits per heavy atom. The van der Waals surface area contributed by atoms with Crippen LogP contribution in [0.2, 0.25) is 0 Å². The number of hydrogen-bond donors (Lipinski definition) is 0. The first-order chi connectivity index (χ1) is 17.6. The lowest BCUT2D eigenvalue weighted by Crippen LogP contribution is -2.38. The second-order valence-electron chi connectivity index (χ2n) is 10.9. The van der Waals surface area contributed by atoms with E-state index in [1.54, 1.807) is 32.3 Å². The Morgan fingerprint density at radius 3 is 2.57 bits per heavy atom. The van der Waals surface area contributed by atoms with Crippen LogP contribution in [0.15, 0.2) is 47.3 Å². The summed E-state index contributed by atoms with van der Waals surface area (Å²) in [6, 6.07) is 7.77. The third-order valence-corrected chi connectivity index (χ3v) is 8.32. The summed E-state index contributed by atoms with van der Waals surface area (Å²) < 4.78 is 34.7. The lowest BCUT2D eigenvalue weighted by Gasteiger charge is -2.37. The molecule has 3 heterocycles. The minimum Gasteiger partial charge on any atom is -0.443 e. The Kier molecular flexibility index (Phi) is 4.87. The molecule has 0 spiro atoms. The number of halogens is 2. The van der Waals surface area contributed by atoms with Crippen molar-refractivity contribution < 1.29 is 13.2 Å². The summed E-state index contributed by atoms with van der Waals surface area (Å²) in [5, 5.41) is 18.3. The first-order valence-corrected chi connectivity index (χ1v) is 12.1. The molecule has 2 aliphatic rings. The third-order valence-electron chi connectivity index (χ3n) is 8.32. The standard InChI is InChI=1S/C28H24F2N6O/c1-26(2,14-31)22-13-37-25(34-22)20-11-32-12-21(33-20)28-9-8-16(27(28,3)4)15-10-19(35-36-24(15)28)23-17(29)6-5-7-18(23)30/h5-7,10-13,16H,8-9H2,1-4H3/t16-,28-/m0/s1. The molecule has 0 radical (unpaired) electrons. The molecule has 37 heavy (non-hydrogen) atoms. The summed E-state index contributed by atoms with van der Waals surface area (Å²) >= 11 is 0. The first-order valence-electron chi connectivity index (χ1n) is 12.1. The van der Waals surface area contributed by atoms with Crippen LogP contribution in [-0.2, 0) is 10.8 Å². The van der Waals surface area contributed by atoms with Crippen molar-refractivity contribution in [1.82, 2.24) is 25.1 Å². The van der Waals surface area contributed by atoms with E-state index < -0.39 is 22.5 Å². The van der Waals surface area contributed by atoms with Gasteiger partial charge in [-0.3, -0.25) is 4.98 Å². The summed E-state index contributed by atoms with van der Waals surface area (Å²) in [6.45, 7) is 7.88. The molecule has 6 rings (SSSR count). The van der Waals surface area contributed by atoms with Gasteiger partial charge in [0.2, 0.25) is 5.89 Å². The highest BCUT2D eigenvalue weighted by Crippen LogP contribution is 2.69. The SMILES string of the molecule is CC(C)(C#N)c1coc(-c2cncc([C@@]34CC[C@@H](c5cc(-c6c(F)cccc6F)nnc53)C4(C)C)n2)n1. The van der Waals surface area contributed by atoms with Crippen LogP contribution in [0.5, 0.6) is 0 Å². The molecule has 1 fully saturated rings. The number of rotatable bonds is 4. The minimum absolute atomic E-state index is 0.113. The number of fused-ring (bicyclic) bond motifs is 5. The minimum atomic E-state index is -0.804. The molecule has 9 heteroatoms. The fourth-order valence-corrected chi connectivity index (χ4v) is 6.17. The van der Waals surface area contributed by atoms with E-state index in [0.717, 1.165) is 29.8 Å². The van der Waals surface area contributed by atoms with Gasteiger partial charge in [-0.1, -0.05) is 19.9 Å². The average molecular weight is 499 g/mol. The summed E-state index contributed by atoms with van der Waals surface area (Å²) in [6.07, 6.45) is 6.45. The summed E-state index contributed by atoms with van der Waals surface area (Å²) in [5.74, 6) is -0.947. The molecule has 0 unspecified atom stereocenters. The lowest BCUT2D eigenvalue weighted by molar-refractivity contribution is 0.242. The van der Waals surface area contributed by atoms with Gasteiger partial charge >= 0.3 is 0 Å². The van der Waals surface area contributed by atoms with Crippen LogP contribution in [-0.4, -0.2) is 25.1 Å². The van der Waals surface area contributed by atoms with E-state index in [1.165, 1.54) is 24.5 Å². The topological polar surface area (TPSA) is 101 Å². The number of oxazole rings is 1. The van der Waals surface area contributed by atoms with Gasteiger partial charge in [-0.2, -0.15) is 10.4 Å². The second kappa shape index (κ2) is 7.72. The monoisotopic (exact) mass is 498 g/mol. The summed E-state index contributed by atoms with van der Waals surface area (Å²) in [4.78, 5) is 13.9. The summed E-state index contributed by atoms with van der Waals surface area (Å²) in [7, 11) is 0. The number of aromatic nitrogens is 5. The molecule has 3 aromatic heterocycles. The van der Waals surface area contributed by atoms with Crippen molar-refractivity contribution >= 4 is 0 Å². The Balaban J connectivity index is 1.47. The predicted octanol–water partition coefficient (Wildman–Crippen LogP) is 5.87. The van der Waals surface area contributed by atoms with Crippen LogP contribution in [0.25, 0.3) is 22.8 Å². The molecule has 186 valence electrons. The highest BCUT2D eigenvalue weighted by Gasteiger charge is 2.65. The van der Waals surface area contributed by atoms with E-state index in [0.29, 0.717) is 11.4 Å². The van der Waals surface area contributed by atoms with Gasteiger partial charge in [0, 0.05) is 6.20 Å². The predicted molar refractivity (Wildman–Crippen MR) is 130 cm³/mol. The third kappa shape index (κ3) is 3.11. The molecule has 7 nitrogen and oxygen atoms in total. The van der Waals surface area contributed by atoms with E-state index in [4.69, 9.17) is 9.40 Å². The van der Waals surface area contributed by atoms with E-state index in [-0.39, 0.29) is 28.5 Å². The van der Waals surface area contributed by atoms with E-state index >= 15 is 0 Å². The molecule has 2 atom stereocenters. The zero-order valence-corrected chi connectivity index (χ0v) is 20.9. The van der Waals surface area contributed by atoms with Crippen LogP contribution >= 0.6 is 0 Å². The Bertz CT molecular complexity index is 1580. The van der Waals surface area contributed by atoms with Gasteiger partial charge in [0.1, 0.15) is 23.6 Å². The Morgan fingerprint density at radius 2 is 1.84 bits per heavy atom.